The summed E-state index contributed by atoms with van der Waals surface area (Å²) < 4.78 is 23.9. The van der Waals surface area contributed by atoms with Gasteiger partial charge in [0, 0.05) is 20.2 Å². The number of rotatable bonds is 11. The summed E-state index contributed by atoms with van der Waals surface area (Å²) in [6.07, 6.45) is -3.15. The largest absolute Gasteiger partial charge is 0.465 e. The van der Waals surface area contributed by atoms with Crippen molar-refractivity contribution in [1.29, 1.82) is 0 Å². The molecule has 1 fully saturated rings. The normalized spacial score (nSPS) is 22.1. The standard InChI is InChI=1S/C35H37NO6/c1-39-34(38)29-20-18-28(19-21-29)32-31(37)33(41-24-27-16-10-5-11-17-27)30(35(40-2)42-32)36(22-25-12-6-3-7-13-25)23-26-14-8-4-9-15-26/h3-21,30-33,35,37H,22-24H2,1-2H3/t30-,31-,32-,33-,35-/m1/s1. The van der Waals surface area contributed by atoms with Gasteiger partial charge in [-0.05, 0) is 34.4 Å². The van der Waals surface area contributed by atoms with Crippen molar-refractivity contribution in [2.24, 2.45) is 0 Å². The molecule has 1 N–H and O–H groups in total. The second-order valence-corrected chi connectivity index (χ2v) is 10.4. The van der Waals surface area contributed by atoms with Crippen molar-refractivity contribution in [3.63, 3.8) is 0 Å². The highest BCUT2D eigenvalue weighted by atomic mass is 16.7. The van der Waals surface area contributed by atoms with E-state index in [0.29, 0.717) is 30.8 Å². The van der Waals surface area contributed by atoms with Gasteiger partial charge < -0.3 is 24.1 Å². The van der Waals surface area contributed by atoms with E-state index in [0.717, 1.165) is 16.7 Å². The van der Waals surface area contributed by atoms with Crippen molar-refractivity contribution < 1.29 is 28.8 Å². The molecule has 0 spiro atoms. The number of esters is 1. The van der Waals surface area contributed by atoms with E-state index in [1.165, 1.54) is 7.11 Å². The molecule has 4 aromatic carbocycles. The Morgan fingerprint density at radius 2 is 1.29 bits per heavy atom. The third-order valence-corrected chi connectivity index (χ3v) is 7.60. The highest BCUT2D eigenvalue weighted by molar-refractivity contribution is 5.89. The molecule has 5 atom stereocenters. The number of nitrogens with zero attached hydrogens (tertiary/aromatic N) is 1. The van der Waals surface area contributed by atoms with Crippen LogP contribution < -0.4 is 0 Å². The molecule has 4 aromatic rings. The van der Waals surface area contributed by atoms with Crippen LogP contribution in [0.15, 0.2) is 115 Å². The summed E-state index contributed by atoms with van der Waals surface area (Å²) in [5.41, 5.74) is 4.38. The third-order valence-electron chi connectivity index (χ3n) is 7.60. The molecule has 0 bridgehead atoms. The first-order chi connectivity index (χ1) is 20.6. The topological polar surface area (TPSA) is 77.5 Å². The molecule has 0 amide bonds. The second-order valence-electron chi connectivity index (χ2n) is 10.4. The predicted molar refractivity (Wildman–Crippen MR) is 159 cm³/mol. The molecule has 5 rings (SSSR count). The maximum absolute atomic E-state index is 12.0. The summed E-state index contributed by atoms with van der Waals surface area (Å²) in [7, 11) is 2.96. The van der Waals surface area contributed by atoms with Gasteiger partial charge in [-0.1, -0.05) is 103 Å². The van der Waals surface area contributed by atoms with Crippen LogP contribution in [0.4, 0.5) is 0 Å². The first kappa shape index (κ1) is 29.6. The zero-order chi connectivity index (χ0) is 29.3. The van der Waals surface area contributed by atoms with Gasteiger partial charge in [-0.2, -0.15) is 0 Å². The Morgan fingerprint density at radius 1 is 0.762 bits per heavy atom. The van der Waals surface area contributed by atoms with Gasteiger partial charge in [-0.15, -0.1) is 0 Å². The molecular formula is C35H37NO6. The number of carbonyl (C=O) groups is 1. The third kappa shape index (κ3) is 7.13. The van der Waals surface area contributed by atoms with Crippen molar-refractivity contribution in [2.45, 2.75) is 50.3 Å². The SMILES string of the molecule is COC(=O)c1ccc([C@H]2O[C@@H](OC)[C@H](N(Cc3ccccc3)Cc3ccccc3)[C@@H](OCc3ccccc3)[C@@H]2O)cc1. The molecule has 1 aliphatic rings. The van der Waals surface area contributed by atoms with E-state index in [9.17, 15) is 9.90 Å². The molecule has 0 unspecified atom stereocenters. The van der Waals surface area contributed by atoms with Crippen molar-refractivity contribution in [1.82, 2.24) is 4.90 Å². The van der Waals surface area contributed by atoms with Crippen LogP contribution in [0.2, 0.25) is 0 Å². The first-order valence-electron chi connectivity index (χ1n) is 14.1. The van der Waals surface area contributed by atoms with Gasteiger partial charge in [-0.25, -0.2) is 4.79 Å². The smallest absolute Gasteiger partial charge is 0.337 e. The van der Waals surface area contributed by atoms with Gasteiger partial charge in [0.25, 0.3) is 0 Å². The van der Waals surface area contributed by atoms with Gasteiger partial charge in [0.15, 0.2) is 6.29 Å². The fourth-order valence-corrected chi connectivity index (χ4v) is 5.48. The van der Waals surface area contributed by atoms with Gasteiger partial charge in [-0.3, -0.25) is 4.90 Å². The van der Waals surface area contributed by atoms with Crippen LogP contribution in [-0.4, -0.2) is 54.7 Å². The van der Waals surface area contributed by atoms with Gasteiger partial charge >= 0.3 is 5.97 Å². The summed E-state index contributed by atoms with van der Waals surface area (Å²) in [4.78, 5) is 14.3. The summed E-state index contributed by atoms with van der Waals surface area (Å²) in [5, 5.41) is 11.9. The average molecular weight is 568 g/mol. The van der Waals surface area contributed by atoms with E-state index in [-0.39, 0.29) is 0 Å². The minimum Gasteiger partial charge on any atom is -0.465 e. The zero-order valence-electron chi connectivity index (χ0n) is 23.9. The Kier molecular flexibility index (Phi) is 10.1. The Hall–Kier alpha value is -3.85. The quantitative estimate of drug-likeness (QED) is 0.239. The van der Waals surface area contributed by atoms with Crippen LogP contribution in [-0.2, 0) is 38.6 Å². The molecule has 1 aliphatic heterocycles. The molecule has 1 saturated heterocycles. The van der Waals surface area contributed by atoms with Crippen molar-refractivity contribution in [3.05, 3.63) is 143 Å². The van der Waals surface area contributed by atoms with Crippen LogP contribution in [0.5, 0.6) is 0 Å². The van der Waals surface area contributed by atoms with E-state index in [2.05, 4.69) is 29.2 Å². The maximum Gasteiger partial charge on any atom is 0.337 e. The number of methoxy groups -OCH3 is 2. The lowest BCUT2D eigenvalue weighted by Gasteiger charge is -2.48. The van der Waals surface area contributed by atoms with Crippen molar-refractivity contribution in [2.75, 3.05) is 14.2 Å². The van der Waals surface area contributed by atoms with E-state index >= 15 is 0 Å². The molecule has 218 valence electrons. The minimum atomic E-state index is -1.02. The molecule has 0 saturated carbocycles. The molecule has 1 heterocycles. The second kappa shape index (κ2) is 14.4. The maximum atomic E-state index is 12.0. The lowest BCUT2D eigenvalue weighted by molar-refractivity contribution is -0.289. The Labute approximate surface area is 247 Å². The van der Waals surface area contributed by atoms with Crippen molar-refractivity contribution in [3.8, 4) is 0 Å². The van der Waals surface area contributed by atoms with Gasteiger partial charge in [0.1, 0.15) is 18.3 Å². The van der Waals surface area contributed by atoms with E-state index < -0.39 is 36.6 Å². The fraction of sp³-hybridized carbons (Fsp3) is 0.286. The van der Waals surface area contributed by atoms with Crippen molar-refractivity contribution >= 4 is 5.97 Å². The predicted octanol–water partition coefficient (Wildman–Crippen LogP) is 5.53. The van der Waals surface area contributed by atoms with E-state index in [1.807, 2.05) is 66.7 Å². The molecular weight excluding hydrogens is 530 g/mol. The van der Waals surface area contributed by atoms with E-state index in [1.54, 1.807) is 31.4 Å². The summed E-state index contributed by atoms with van der Waals surface area (Å²) >= 11 is 0. The molecule has 7 nitrogen and oxygen atoms in total. The summed E-state index contributed by atoms with van der Waals surface area (Å²) in [6.45, 7) is 1.51. The highest BCUT2D eigenvalue weighted by Crippen LogP contribution is 2.38. The van der Waals surface area contributed by atoms with E-state index in [4.69, 9.17) is 18.9 Å². The van der Waals surface area contributed by atoms with Crippen LogP contribution >= 0.6 is 0 Å². The number of hydrogen-bond donors (Lipinski definition) is 1. The van der Waals surface area contributed by atoms with Crippen LogP contribution in [0, 0.1) is 0 Å². The van der Waals surface area contributed by atoms with Crippen LogP contribution in [0.3, 0.4) is 0 Å². The van der Waals surface area contributed by atoms with Crippen LogP contribution in [0.1, 0.15) is 38.7 Å². The lowest BCUT2D eigenvalue weighted by Crippen LogP contribution is -2.62. The fourth-order valence-electron chi connectivity index (χ4n) is 5.48. The lowest BCUT2D eigenvalue weighted by atomic mass is 9.90. The number of hydrogen-bond acceptors (Lipinski definition) is 7. The number of ether oxygens (including phenoxy) is 4. The van der Waals surface area contributed by atoms with Gasteiger partial charge in [0.05, 0.1) is 25.3 Å². The molecule has 0 aromatic heterocycles. The molecule has 0 aliphatic carbocycles. The van der Waals surface area contributed by atoms with Gasteiger partial charge in [0.2, 0.25) is 0 Å². The number of aliphatic hydroxyl groups is 1. The Bertz CT molecular complexity index is 1340. The minimum absolute atomic E-state index is 0.314. The zero-order valence-corrected chi connectivity index (χ0v) is 23.9. The molecule has 42 heavy (non-hydrogen) atoms. The number of benzene rings is 4. The Balaban J connectivity index is 1.51. The Morgan fingerprint density at radius 3 is 1.79 bits per heavy atom. The first-order valence-corrected chi connectivity index (χ1v) is 14.1. The summed E-state index contributed by atoms with van der Waals surface area (Å²) in [6, 6.07) is 36.8. The number of aliphatic hydroxyl groups excluding tert-OH is 1. The monoisotopic (exact) mass is 567 g/mol. The summed E-state index contributed by atoms with van der Waals surface area (Å²) in [5.74, 6) is -0.428. The molecule has 7 heteroatoms. The molecule has 0 radical (unpaired) electrons. The highest BCUT2D eigenvalue weighted by Gasteiger charge is 2.49. The number of carbonyl (C=O) groups excluding carboxylic acids is 1. The average Bonchev–Trinajstić information content (AvgIpc) is 3.05. The van der Waals surface area contributed by atoms with Crippen LogP contribution in [0.25, 0.3) is 0 Å².